The molecule has 0 aliphatic heterocycles. The average molecular weight is 276 g/mol. The first-order valence-electron chi connectivity index (χ1n) is 6.41. The Kier molecular flexibility index (Phi) is 3.64. The van der Waals surface area contributed by atoms with E-state index in [0.29, 0.717) is 5.56 Å². The molecule has 2 heterocycles. The molecule has 21 heavy (non-hydrogen) atoms. The van der Waals surface area contributed by atoms with Crippen LogP contribution >= 0.6 is 0 Å². The van der Waals surface area contributed by atoms with Gasteiger partial charge in [0.25, 0.3) is 5.91 Å². The van der Waals surface area contributed by atoms with Gasteiger partial charge in [0, 0.05) is 29.5 Å². The Bertz CT molecular complexity index is 799. The predicted octanol–water partition coefficient (Wildman–Crippen LogP) is 2.39. The molecule has 0 bridgehead atoms. The van der Waals surface area contributed by atoms with Crippen molar-refractivity contribution in [1.82, 2.24) is 15.4 Å². The van der Waals surface area contributed by atoms with Crippen molar-refractivity contribution in [2.45, 2.75) is 0 Å². The van der Waals surface area contributed by atoms with Gasteiger partial charge < -0.3 is 0 Å². The Morgan fingerprint density at radius 1 is 1.10 bits per heavy atom. The minimum atomic E-state index is -0.271. The van der Waals surface area contributed by atoms with E-state index in [-0.39, 0.29) is 5.91 Å². The molecule has 0 aliphatic rings. The Balaban J connectivity index is 1.71. The molecule has 2 aromatic heterocycles. The van der Waals surface area contributed by atoms with E-state index in [1.807, 2.05) is 30.3 Å². The lowest BCUT2D eigenvalue weighted by atomic mass is 10.1. The molecular formula is C16H12N4O. The summed E-state index contributed by atoms with van der Waals surface area (Å²) in [5, 5.41) is 5.02. The summed E-state index contributed by atoms with van der Waals surface area (Å²) >= 11 is 0. The highest BCUT2D eigenvalue weighted by atomic mass is 16.2. The van der Waals surface area contributed by atoms with E-state index in [1.165, 1.54) is 0 Å². The first-order valence-corrected chi connectivity index (χ1v) is 6.41. The average Bonchev–Trinajstić information content (AvgIpc) is 2.55. The lowest BCUT2D eigenvalue weighted by molar-refractivity contribution is 0.0955. The molecule has 3 aromatic rings. The molecule has 0 fully saturated rings. The number of nitrogens with one attached hydrogen (secondary N) is 1. The predicted molar refractivity (Wildman–Crippen MR) is 81.0 cm³/mol. The second-order valence-corrected chi connectivity index (χ2v) is 4.39. The van der Waals surface area contributed by atoms with Crippen molar-refractivity contribution in [2.24, 2.45) is 5.10 Å². The van der Waals surface area contributed by atoms with Gasteiger partial charge in [0.15, 0.2) is 0 Å². The maximum atomic E-state index is 11.8. The molecule has 5 heteroatoms. The van der Waals surface area contributed by atoms with E-state index in [1.54, 1.807) is 36.9 Å². The third kappa shape index (κ3) is 3.09. The van der Waals surface area contributed by atoms with E-state index in [2.05, 4.69) is 20.5 Å². The van der Waals surface area contributed by atoms with Gasteiger partial charge in [0.1, 0.15) is 0 Å². The van der Waals surface area contributed by atoms with E-state index >= 15 is 0 Å². The number of pyridine rings is 2. The van der Waals surface area contributed by atoms with E-state index in [9.17, 15) is 4.79 Å². The van der Waals surface area contributed by atoms with Crippen LogP contribution in [0.3, 0.4) is 0 Å². The maximum absolute atomic E-state index is 11.8. The molecule has 1 amide bonds. The highest BCUT2D eigenvalue weighted by molar-refractivity contribution is 5.95. The number of hydrogen-bond acceptors (Lipinski definition) is 4. The van der Waals surface area contributed by atoms with Crippen LogP contribution < -0.4 is 5.43 Å². The fraction of sp³-hybridized carbons (Fsp3) is 0. The second-order valence-electron chi connectivity index (χ2n) is 4.39. The third-order valence-electron chi connectivity index (χ3n) is 2.95. The molecule has 0 saturated heterocycles. The van der Waals surface area contributed by atoms with Crippen LogP contribution in [0, 0.1) is 0 Å². The van der Waals surface area contributed by atoms with Crippen molar-refractivity contribution in [3.63, 3.8) is 0 Å². The van der Waals surface area contributed by atoms with E-state index in [0.717, 1.165) is 16.5 Å². The summed E-state index contributed by atoms with van der Waals surface area (Å²) in [4.78, 5) is 19.9. The lowest BCUT2D eigenvalue weighted by Gasteiger charge is -2.00. The molecule has 0 radical (unpaired) electrons. The van der Waals surface area contributed by atoms with E-state index < -0.39 is 0 Å². The molecule has 5 nitrogen and oxygen atoms in total. The minimum absolute atomic E-state index is 0.271. The van der Waals surface area contributed by atoms with Crippen molar-refractivity contribution in [3.8, 4) is 0 Å². The quantitative estimate of drug-likeness (QED) is 0.590. The normalized spacial score (nSPS) is 10.9. The standard InChI is InChI=1S/C16H12N4O/c21-16(14-5-8-17-9-6-14)20-19-11-12-3-4-13-2-1-7-18-15(13)10-12/h1-11H,(H,20,21)/b19-11-. The number of rotatable bonds is 3. The van der Waals surface area contributed by atoms with Crippen LogP contribution in [0.1, 0.15) is 15.9 Å². The molecular weight excluding hydrogens is 264 g/mol. The number of amides is 1. The van der Waals surface area contributed by atoms with Crippen molar-refractivity contribution < 1.29 is 4.79 Å². The number of hydrogen-bond donors (Lipinski definition) is 1. The summed E-state index contributed by atoms with van der Waals surface area (Å²) in [5.74, 6) is -0.271. The lowest BCUT2D eigenvalue weighted by Crippen LogP contribution is -2.17. The molecule has 0 atom stereocenters. The number of fused-ring (bicyclic) bond motifs is 1. The van der Waals surface area contributed by atoms with Gasteiger partial charge in [-0.1, -0.05) is 18.2 Å². The Labute approximate surface area is 121 Å². The zero-order chi connectivity index (χ0) is 14.5. The first kappa shape index (κ1) is 12.9. The molecule has 0 spiro atoms. The van der Waals surface area contributed by atoms with Gasteiger partial charge in [0.05, 0.1) is 11.7 Å². The van der Waals surface area contributed by atoms with Gasteiger partial charge in [-0.15, -0.1) is 0 Å². The summed E-state index contributed by atoms with van der Waals surface area (Å²) in [6.45, 7) is 0. The van der Waals surface area contributed by atoms with Crippen LogP contribution in [0.4, 0.5) is 0 Å². The zero-order valence-corrected chi connectivity index (χ0v) is 11.1. The van der Waals surface area contributed by atoms with Crippen molar-refractivity contribution in [2.75, 3.05) is 0 Å². The maximum Gasteiger partial charge on any atom is 0.271 e. The summed E-state index contributed by atoms with van der Waals surface area (Å²) < 4.78 is 0. The van der Waals surface area contributed by atoms with Crippen LogP contribution in [0.5, 0.6) is 0 Å². The number of hydrazone groups is 1. The van der Waals surface area contributed by atoms with Crippen LogP contribution in [0.15, 0.2) is 66.2 Å². The van der Waals surface area contributed by atoms with Gasteiger partial charge in [0.2, 0.25) is 0 Å². The van der Waals surface area contributed by atoms with Gasteiger partial charge >= 0.3 is 0 Å². The molecule has 0 aliphatic carbocycles. The molecule has 102 valence electrons. The summed E-state index contributed by atoms with van der Waals surface area (Å²) in [5.41, 5.74) is 4.76. The fourth-order valence-electron chi connectivity index (χ4n) is 1.90. The Hall–Kier alpha value is -3.08. The molecule has 1 N–H and O–H groups in total. The Morgan fingerprint density at radius 2 is 1.95 bits per heavy atom. The largest absolute Gasteiger partial charge is 0.271 e. The number of nitrogens with zero attached hydrogens (tertiary/aromatic N) is 3. The first-order chi connectivity index (χ1) is 10.3. The number of benzene rings is 1. The smallest absolute Gasteiger partial charge is 0.267 e. The fourth-order valence-corrected chi connectivity index (χ4v) is 1.90. The second kappa shape index (κ2) is 5.92. The number of carbonyl (C=O) groups excluding carboxylic acids is 1. The van der Waals surface area contributed by atoms with E-state index in [4.69, 9.17) is 0 Å². The highest BCUT2D eigenvalue weighted by Gasteiger charge is 2.02. The van der Waals surface area contributed by atoms with Crippen LogP contribution in [-0.4, -0.2) is 22.1 Å². The zero-order valence-electron chi connectivity index (χ0n) is 11.1. The molecule has 0 unspecified atom stereocenters. The SMILES string of the molecule is O=C(N/N=C\c1ccc2cccnc2c1)c1ccncc1. The number of carbonyl (C=O) groups is 1. The topological polar surface area (TPSA) is 67.2 Å². The van der Waals surface area contributed by atoms with Gasteiger partial charge in [-0.25, -0.2) is 5.43 Å². The Morgan fingerprint density at radius 3 is 2.81 bits per heavy atom. The third-order valence-corrected chi connectivity index (χ3v) is 2.95. The van der Waals surface area contributed by atoms with Crippen LogP contribution in [0.25, 0.3) is 10.9 Å². The van der Waals surface area contributed by atoms with Gasteiger partial charge in [-0.2, -0.15) is 5.10 Å². The van der Waals surface area contributed by atoms with Crippen molar-refractivity contribution in [3.05, 3.63) is 72.2 Å². The summed E-state index contributed by atoms with van der Waals surface area (Å²) in [6, 6.07) is 13.0. The molecule has 1 aromatic carbocycles. The minimum Gasteiger partial charge on any atom is -0.267 e. The van der Waals surface area contributed by atoms with Gasteiger partial charge in [-0.05, 0) is 29.8 Å². The van der Waals surface area contributed by atoms with Crippen LogP contribution in [-0.2, 0) is 0 Å². The summed E-state index contributed by atoms with van der Waals surface area (Å²) in [7, 11) is 0. The highest BCUT2D eigenvalue weighted by Crippen LogP contribution is 2.11. The van der Waals surface area contributed by atoms with Gasteiger partial charge in [-0.3, -0.25) is 14.8 Å². The number of aromatic nitrogens is 2. The van der Waals surface area contributed by atoms with Crippen molar-refractivity contribution >= 4 is 23.0 Å². The summed E-state index contributed by atoms with van der Waals surface area (Å²) in [6.07, 6.45) is 6.46. The molecule has 3 rings (SSSR count). The molecule has 0 saturated carbocycles. The van der Waals surface area contributed by atoms with Crippen LogP contribution in [0.2, 0.25) is 0 Å². The monoisotopic (exact) mass is 276 g/mol. The van der Waals surface area contributed by atoms with Crippen molar-refractivity contribution in [1.29, 1.82) is 0 Å².